The van der Waals surface area contributed by atoms with Crippen molar-refractivity contribution in [2.45, 2.75) is 85.1 Å². The molecule has 31 heavy (non-hydrogen) atoms. The highest BCUT2D eigenvalue weighted by Gasteiger charge is 2.52. The summed E-state index contributed by atoms with van der Waals surface area (Å²) in [4.78, 5) is 13.7. The number of benzene rings is 1. The maximum atomic E-state index is 13.1. The first-order valence-corrected chi connectivity index (χ1v) is 10.2. The molecule has 0 bridgehead atoms. The molecule has 0 atom stereocenters. The molecule has 1 amide bonds. The lowest BCUT2D eigenvalue weighted by atomic mass is 9.78. The van der Waals surface area contributed by atoms with Gasteiger partial charge in [0.1, 0.15) is 11.4 Å². The normalized spacial score (nSPS) is 18.1. The summed E-state index contributed by atoms with van der Waals surface area (Å²) in [5.41, 5.74) is -1.43. The minimum absolute atomic E-state index is 0.111. The molecule has 0 aliphatic carbocycles. The van der Waals surface area contributed by atoms with E-state index in [2.05, 4.69) is 4.74 Å². The average molecular weight is 445 g/mol. The van der Waals surface area contributed by atoms with E-state index in [1.54, 1.807) is 33.8 Å². The van der Waals surface area contributed by atoms with Gasteiger partial charge in [-0.15, -0.1) is 13.2 Å². The van der Waals surface area contributed by atoms with E-state index < -0.39 is 42.1 Å². The smallest absolute Gasteiger partial charge is 0.444 e. The highest BCUT2D eigenvalue weighted by Crippen LogP contribution is 2.37. The third-order valence-corrected chi connectivity index (χ3v) is 5.24. The quantitative estimate of drug-likeness (QED) is 0.619. The number of alkyl halides is 3. The van der Waals surface area contributed by atoms with Gasteiger partial charge in [0.15, 0.2) is 0 Å². The van der Waals surface area contributed by atoms with Crippen molar-refractivity contribution in [2.75, 3.05) is 6.54 Å². The molecular formula is C21H31BF3NO5. The van der Waals surface area contributed by atoms with Gasteiger partial charge in [-0.2, -0.15) is 0 Å². The number of hydrogen-bond acceptors (Lipinski definition) is 5. The van der Waals surface area contributed by atoms with Gasteiger partial charge in [-0.3, -0.25) is 0 Å². The maximum Gasteiger partial charge on any atom is 0.573 e. The summed E-state index contributed by atoms with van der Waals surface area (Å²) >= 11 is 0. The van der Waals surface area contributed by atoms with Crippen LogP contribution in [-0.4, -0.2) is 47.8 Å². The summed E-state index contributed by atoms with van der Waals surface area (Å²) in [5, 5.41) is 0. The van der Waals surface area contributed by atoms with Crippen molar-refractivity contribution in [3.8, 4) is 5.75 Å². The first-order valence-electron chi connectivity index (χ1n) is 10.2. The third kappa shape index (κ3) is 6.52. The highest BCUT2D eigenvalue weighted by atomic mass is 19.4. The zero-order chi connectivity index (χ0) is 23.8. The van der Waals surface area contributed by atoms with E-state index in [4.69, 9.17) is 14.0 Å². The molecule has 0 unspecified atom stereocenters. The fourth-order valence-corrected chi connectivity index (χ4v) is 2.88. The molecule has 174 valence electrons. The summed E-state index contributed by atoms with van der Waals surface area (Å²) < 4.78 is 60.7. The lowest BCUT2D eigenvalue weighted by Crippen LogP contribution is -2.41. The van der Waals surface area contributed by atoms with Gasteiger partial charge in [0, 0.05) is 12.1 Å². The Hall–Kier alpha value is -1.94. The molecule has 0 radical (unpaired) electrons. The van der Waals surface area contributed by atoms with Crippen molar-refractivity contribution < 1.29 is 36.7 Å². The second-order valence-electron chi connectivity index (χ2n) is 9.50. The first-order chi connectivity index (χ1) is 13.9. The minimum Gasteiger partial charge on any atom is -0.444 e. The molecule has 1 aromatic carbocycles. The summed E-state index contributed by atoms with van der Waals surface area (Å²) in [6, 6.07) is 4.34. The molecule has 6 nitrogen and oxygen atoms in total. The Balaban J connectivity index is 2.34. The van der Waals surface area contributed by atoms with Gasteiger partial charge in [-0.25, -0.2) is 4.79 Å². The van der Waals surface area contributed by atoms with Gasteiger partial charge in [0.05, 0.1) is 17.7 Å². The second-order valence-corrected chi connectivity index (χ2v) is 9.50. The van der Waals surface area contributed by atoms with Gasteiger partial charge >= 0.3 is 19.6 Å². The molecule has 0 spiro atoms. The largest absolute Gasteiger partial charge is 0.573 e. The Bertz CT molecular complexity index is 789. The van der Waals surface area contributed by atoms with Crippen molar-refractivity contribution in [3.63, 3.8) is 0 Å². The number of amides is 1. The van der Waals surface area contributed by atoms with Crippen LogP contribution in [0.2, 0.25) is 0 Å². The maximum absolute atomic E-state index is 13.1. The van der Waals surface area contributed by atoms with Gasteiger partial charge in [-0.05, 0) is 66.9 Å². The monoisotopic (exact) mass is 445 g/mol. The molecule has 1 heterocycles. The Kier molecular flexibility index (Phi) is 6.98. The first kappa shape index (κ1) is 25.3. The van der Waals surface area contributed by atoms with E-state index in [1.807, 2.05) is 27.7 Å². The van der Waals surface area contributed by atoms with Crippen LogP contribution in [0.4, 0.5) is 18.0 Å². The molecule has 0 N–H and O–H groups in total. The molecular weight excluding hydrogens is 414 g/mol. The van der Waals surface area contributed by atoms with E-state index in [-0.39, 0.29) is 18.7 Å². The van der Waals surface area contributed by atoms with Crippen LogP contribution in [0.5, 0.6) is 5.75 Å². The standard InChI is InChI=1S/C21H31BF3NO5/c1-9-26(17(27)29-18(2,3)4)13-14-10-11-15(12-16(14)28-21(23,24)25)22-30-19(5,6)20(7,8)31-22/h10-12H,9,13H2,1-8H3. The van der Waals surface area contributed by atoms with E-state index >= 15 is 0 Å². The Morgan fingerprint density at radius 1 is 1.10 bits per heavy atom. The van der Waals surface area contributed by atoms with Crippen LogP contribution in [0.3, 0.4) is 0 Å². The highest BCUT2D eigenvalue weighted by molar-refractivity contribution is 6.62. The van der Waals surface area contributed by atoms with Gasteiger partial charge < -0.3 is 23.7 Å². The molecule has 1 aliphatic rings. The predicted molar refractivity (Wildman–Crippen MR) is 111 cm³/mol. The van der Waals surface area contributed by atoms with Crippen molar-refractivity contribution in [2.24, 2.45) is 0 Å². The van der Waals surface area contributed by atoms with Gasteiger partial charge in [-0.1, -0.05) is 12.1 Å². The molecule has 10 heteroatoms. The summed E-state index contributed by atoms with van der Waals surface area (Å²) in [6.45, 7) is 14.4. The summed E-state index contributed by atoms with van der Waals surface area (Å²) in [7, 11) is -0.845. The molecule has 1 fully saturated rings. The predicted octanol–water partition coefficient (Wildman–Crippen LogP) is 4.64. The average Bonchev–Trinajstić information content (AvgIpc) is 2.78. The fourth-order valence-electron chi connectivity index (χ4n) is 2.88. The zero-order valence-electron chi connectivity index (χ0n) is 19.3. The Morgan fingerprint density at radius 3 is 2.10 bits per heavy atom. The molecule has 2 rings (SSSR count). The minimum atomic E-state index is -4.90. The number of carbonyl (C=O) groups excluding carboxylic acids is 1. The molecule has 1 aliphatic heterocycles. The molecule has 1 aromatic rings. The van der Waals surface area contributed by atoms with Crippen LogP contribution in [0.15, 0.2) is 18.2 Å². The number of halogens is 3. The number of rotatable bonds is 5. The van der Waals surface area contributed by atoms with E-state index in [1.165, 1.54) is 17.0 Å². The topological polar surface area (TPSA) is 57.2 Å². The summed E-state index contributed by atoms with van der Waals surface area (Å²) in [5.74, 6) is -0.415. The van der Waals surface area contributed by atoms with Crippen LogP contribution >= 0.6 is 0 Å². The second kappa shape index (κ2) is 8.54. The summed E-state index contributed by atoms with van der Waals surface area (Å²) in [6.07, 6.45) is -5.52. The Labute approximate surface area is 182 Å². The fraction of sp³-hybridized carbons (Fsp3) is 0.667. The Morgan fingerprint density at radius 2 is 1.65 bits per heavy atom. The van der Waals surface area contributed by atoms with Crippen molar-refractivity contribution in [1.29, 1.82) is 0 Å². The van der Waals surface area contributed by atoms with Gasteiger partial charge in [0.25, 0.3) is 0 Å². The van der Waals surface area contributed by atoms with Crippen LogP contribution in [0.1, 0.15) is 61.0 Å². The van der Waals surface area contributed by atoms with Crippen LogP contribution in [-0.2, 0) is 20.6 Å². The van der Waals surface area contributed by atoms with E-state index in [0.717, 1.165) is 0 Å². The van der Waals surface area contributed by atoms with E-state index in [0.29, 0.717) is 5.46 Å². The van der Waals surface area contributed by atoms with Crippen molar-refractivity contribution in [3.05, 3.63) is 23.8 Å². The zero-order valence-corrected chi connectivity index (χ0v) is 19.3. The third-order valence-electron chi connectivity index (χ3n) is 5.24. The number of nitrogens with zero attached hydrogens (tertiary/aromatic N) is 1. The SMILES string of the molecule is CCN(Cc1ccc(B2OC(C)(C)C(C)(C)O2)cc1OC(F)(F)F)C(=O)OC(C)(C)C. The van der Waals surface area contributed by atoms with Crippen LogP contribution in [0.25, 0.3) is 0 Å². The van der Waals surface area contributed by atoms with Crippen molar-refractivity contribution >= 4 is 18.7 Å². The van der Waals surface area contributed by atoms with Crippen LogP contribution < -0.4 is 10.2 Å². The lowest BCUT2D eigenvalue weighted by Gasteiger charge is -2.32. The molecule has 0 aromatic heterocycles. The molecule has 0 saturated carbocycles. The molecule has 1 saturated heterocycles. The van der Waals surface area contributed by atoms with E-state index in [9.17, 15) is 18.0 Å². The van der Waals surface area contributed by atoms with Crippen molar-refractivity contribution in [1.82, 2.24) is 4.90 Å². The lowest BCUT2D eigenvalue weighted by molar-refractivity contribution is -0.274. The number of carbonyl (C=O) groups is 1. The van der Waals surface area contributed by atoms with Crippen LogP contribution in [0, 0.1) is 0 Å². The number of ether oxygens (including phenoxy) is 2. The van der Waals surface area contributed by atoms with Gasteiger partial charge in [0.2, 0.25) is 0 Å². The number of hydrogen-bond donors (Lipinski definition) is 0.